The summed E-state index contributed by atoms with van der Waals surface area (Å²) in [7, 11) is -3.36. The Morgan fingerprint density at radius 1 is 0.905 bits per heavy atom. The number of urea groups is 1. The van der Waals surface area contributed by atoms with Crippen LogP contribution in [0.1, 0.15) is 60.5 Å². The Labute approximate surface area is 240 Å². The number of hydrogen-bond donors (Lipinski definition) is 1. The highest BCUT2D eigenvalue weighted by molar-refractivity contribution is 7.88. The molecule has 0 unspecified atom stereocenters. The molecule has 2 aliphatic heterocycles. The summed E-state index contributed by atoms with van der Waals surface area (Å²) in [6.07, 6.45) is -9.28. The molecule has 7 nitrogen and oxygen atoms in total. The number of piperidine rings is 2. The molecule has 0 aliphatic carbocycles. The van der Waals surface area contributed by atoms with Crippen LogP contribution in [0, 0.1) is 0 Å². The van der Waals surface area contributed by atoms with Crippen LogP contribution in [0.15, 0.2) is 48.5 Å². The monoisotopic (exact) mass is 621 g/mol. The van der Waals surface area contributed by atoms with Crippen molar-refractivity contribution in [2.75, 3.05) is 32.4 Å². The van der Waals surface area contributed by atoms with E-state index in [9.17, 15) is 39.6 Å². The van der Waals surface area contributed by atoms with Crippen molar-refractivity contribution >= 4 is 16.1 Å². The van der Waals surface area contributed by atoms with Crippen LogP contribution in [0.2, 0.25) is 0 Å². The number of nitrogens with zero attached hydrogens (tertiary/aromatic N) is 2. The van der Waals surface area contributed by atoms with E-state index in [2.05, 4.69) is 4.72 Å². The Balaban J connectivity index is 1.51. The van der Waals surface area contributed by atoms with Crippen molar-refractivity contribution < 1.29 is 44.3 Å². The molecule has 3 atom stereocenters. The number of carbonyl (C=O) groups excluding carboxylic acids is 1. The molecule has 0 bridgehead atoms. The second-order valence-corrected chi connectivity index (χ2v) is 12.6. The molecule has 4 rings (SSSR count). The number of hydrogen-bond acceptors (Lipinski definition) is 4. The molecule has 2 aromatic rings. The van der Waals surface area contributed by atoms with Crippen LogP contribution in [0.4, 0.5) is 31.1 Å². The number of likely N-dealkylation sites (tertiary alicyclic amines) is 2. The summed E-state index contributed by atoms with van der Waals surface area (Å²) in [5.74, 6) is -0.385. The van der Waals surface area contributed by atoms with Gasteiger partial charge in [-0.15, -0.1) is 0 Å². The maximum absolute atomic E-state index is 13.4. The van der Waals surface area contributed by atoms with Crippen molar-refractivity contribution in [1.29, 1.82) is 0 Å². The maximum Gasteiger partial charge on any atom is 0.416 e. The third kappa shape index (κ3) is 8.16. The normalized spacial score (nSPS) is 21.8. The van der Waals surface area contributed by atoms with Crippen LogP contribution < -0.4 is 4.72 Å². The fourth-order valence-electron chi connectivity index (χ4n) is 5.53. The lowest BCUT2D eigenvalue weighted by molar-refractivity contribution is -0.143. The Morgan fingerprint density at radius 2 is 1.45 bits per heavy atom. The Bertz CT molecular complexity index is 1310. The number of rotatable bonds is 6. The van der Waals surface area contributed by atoms with E-state index in [4.69, 9.17) is 4.74 Å². The lowest BCUT2D eigenvalue weighted by atomic mass is 9.87. The molecule has 2 aliphatic rings. The van der Waals surface area contributed by atoms with E-state index in [0.717, 1.165) is 11.8 Å². The summed E-state index contributed by atoms with van der Waals surface area (Å²) in [6.45, 7) is 2.67. The topological polar surface area (TPSA) is 79.0 Å². The van der Waals surface area contributed by atoms with Crippen molar-refractivity contribution in [2.45, 2.75) is 62.7 Å². The van der Waals surface area contributed by atoms with Crippen LogP contribution >= 0.6 is 0 Å². The first-order valence-electron chi connectivity index (χ1n) is 13.5. The van der Waals surface area contributed by atoms with Gasteiger partial charge in [-0.1, -0.05) is 30.3 Å². The van der Waals surface area contributed by atoms with Gasteiger partial charge in [0.05, 0.1) is 29.6 Å². The van der Waals surface area contributed by atoms with E-state index in [1.165, 1.54) is 6.92 Å². The Kier molecular flexibility index (Phi) is 9.48. The predicted octanol–water partition coefficient (Wildman–Crippen LogP) is 5.79. The fourth-order valence-corrected chi connectivity index (χ4v) is 6.37. The molecule has 2 amide bonds. The van der Waals surface area contributed by atoms with E-state index < -0.39 is 45.7 Å². The summed E-state index contributed by atoms with van der Waals surface area (Å²) in [6, 6.07) is 10.1. The molecule has 0 spiro atoms. The summed E-state index contributed by atoms with van der Waals surface area (Å²) in [4.78, 5) is 16.7. The molecule has 2 aromatic carbocycles. The smallest absolute Gasteiger partial charge is 0.370 e. The fraction of sp³-hybridized carbons (Fsp3) is 0.536. The van der Waals surface area contributed by atoms with E-state index >= 15 is 0 Å². The van der Waals surface area contributed by atoms with Crippen LogP contribution in [-0.4, -0.2) is 68.8 Å². The van der Waals surface area contributed by atoms with E-state index in [0.29, 0.717) is 44.5 Å². The lowest BCUT2D eigenvalue weighted by Crippen LogP contribution is -2.54. The van der Waals surface area contributed by atoms with Gasteiger partial charge in [0.1, 0.15) is 0 Å². The zero-order valence-corrected chi connectivity index (χ0v) is 23.9. The average Bonchev–Trinajstić information content (AvgIpc) is 2.91. The third-order valence-corrected chi connectivity index (χ3v) is 8.41. The first-order chi connectivity index (χ1) is 19.5. The van der Waals surface area contributed by atoms with Gasteiger partial charge in [0.2, 0.25) is 10.0 Å². The van der Waals surface area contributed by atoms with E-state index in [1.807, 2.05) is 18.2 Å². The van der Waals surface area contributed by atoms with Crippen molar-refractivity contribution in [2.24, 2.45) is 0 Å². The van der Waals surface area contributed by atoms with Gasteiger partial charge in [-0.2, -0.15) is 26.3 Å². The Morgan fingerprint density at radius 3 is 1.98 bits per heavy atom. The molecule has 42 heavy (non-hydrogen) atoms. The highest BCUT2D eigenvalue weighted by atomic mass is 32.2. The zero-order valence-electron chi connectivity index (χ0n) is 23.1. The highest BCUT2D eigenvalue weighted by Crippen LogP contribution is 2.39. The SMILES string of the molecule is C[C@@H](O[C@H]1CCN(C(=O)N2CCC(NS(C)(=O)=O)CC2)C[C@H]1c1ccccc1)c1cc(C(F)(F)F)cc(C(F)(F)F)c1. The molecular weight excluding hydrogens is 588 g/mol. The molecule has 2 saturated heterocycles. The highest BCUT2D eigenvalue weighted by Gasteiger charge is 2.39. The van der Waals surface area contributed by atoms with Crippen LogP contribution in [0.5, 0.6) is 0 Å². The van der Waals surface area contributed by atoms with Gasteiger partial charge in [0.15, 0.2) is 0 Å². The summed E-state index contributed by atoms with van der Waals surface area (Å²) in [5.41, 5.74) is -2.23. The zero-order chi connectivity index (χ0) is 30.9. The molecule has 0 aromatic heterocycles. The van der Waals surface area contributed by atoms with E-state index in [1.54, 1.807) is 21.9 Å². The predicted molar refractivity (Wildman–Crippen MR) is 143 cm³/mol. The van der Waals surface area contributed by atoms with Crippen molar-refractivity contribution in [3.05, 3.63) is 70.8 Å². The molecule has 0 saturated carbocycles. The number of benzene rings is 2. The number of ether oxygens (including phenoxy) is 1. The molecule has 2 fully saturated rings. The minimum atomic E-state index is -4.97. The molecule has 14 heteroatoms. The summed E-state index contributed by atoms with van der Waals surface area (Å²) in [5, 5.41) is 0. The van der Waals surface area contributed by atoms with Gasteiger partial charge in [-0.25, -0.2) is 17.9 Å². The largest absolute Gasteiger partial charge is 0.416 e. The van der Waals surface area contributed by atoms with Crippen molar-refractivity contribution in [3.63, 3.8) is 0 Å². The van der Waals surface area contributed by atoms with Gasteiger partial charge < -0.3 is 14.5 Å². The van der Waals surface area contributed by atoms with Gasteiger partial charge in [0.25, 0.3) is 0 Å². The number of sulfonamides is 1. The molecule has 2 heterocycles. The second kappa shape index (κ2) is 12.4. The number of nitrogens with one attached hydrogen (secondary N) is 1. The van der Waals surface area contributed by atoms with E-state index in [-0.39, 0.29) is 42.7 Å². The lowest BCUT2D eigenvalue weighted by Gasteiger charge is -2.42. The summed E-state index contributed by atoms with van der Waals surface area (Å²) >= 11 is 0. The Hall–Kier alpha value is -2.84. The molecule has 232 valence electrons. The van der Waals surface area contributed by atoms with Crippen LogP contribution in [-0.2, 0) is 27.1 Å². The average molecular weight is 622 g/mol. The van der Waals surface area contributed by atoms with Gasteiger partial charge in [0, 0.05) is 38.1 Å². The van der Waals surface area contributed by atoms with Crippen molar-refractivity contribution in [3.8, 4) is 0 Å². The minimum absolute atomic E-state index is 0.0904. The third-order valence-electron chi connectivity index (χ3n) is 7.65. The molecular formula is C28H33F6N3O4S. The second-order valence-electron chi connectivity index (χ2n) is 10.8. The standard InChI is InChI=1S/C28H33F6N3O4S/c1-18(20-14-21(27(29,30)31)16-22(15-20)28(32,33)34)41-25-10-13-37(17-24(25)19-6-4-3-5-7-19)26(38)36-11-8-23(9-12-36)35-42(2,39)40/h3-7,14-16,18,23-25,35H,8-13,17H2,1-2H3/t18-,24+,25+/m1/s1. The maximum atomic E-state index is 13.4. The quantitative estimate of drug-likeness (QED) is 0.414. The summed E-state index contributed by atoms with van der Waals surface area (Å²) < 4.78 is 112. The van der Waals surface area contributed by atoms with Crippen LogP contribution in [0.3, 0.4) is 0 Å². The number of carbonyl (C=O) groups is 1. The first kappa shape index (κ1) is 32.1. The van der Waals surface area contributed by atoms with Crippen molar-refractivity contribution in [1.82, 2.24) is 14.5 Å². The van der Waals surface area contributed by atoms with Gasteiger partial charge in [-0.3, -0.25) is 0 Å². The van der Waals surface area contributed by atoms with Crippen LogP contribution in [0.25, 0.3) is 0 Å². The number of halogens is 6. The first-order valence-corrected chi connectivity index (χ1v) is 15.4. The van der Waals surface area contributed by atoms with Gasteiger partial charge >= 0.3 is 18.4 Å². The number of alkyl halides is 6. The minimum Gasteiger partial charge on any atom is -0.370 e. The molecule has 1 N–H and O–H groups in total. The number of amides is 2. The van der Waals surface area contributed by atoms with Gasteiger partial charge in [-0.05, 0) is 55.5 Å². The molecule has 0 radical (unpaired) electrons.